The summed E-state index contributed by atoms with van der Waals surface area (Å²) in [7, 11) is 0. The minimum atomic E-state index is -1.08. The fraction of sp³-hybridized carbons (Fsp3) is 0.120. The first-order chi connectivity index (χ1) is 16.9. The van der Waals surface area contributed by atoms with Crippen LogP contribution in [0.4, 0.5) is 10.1 Å². The number of halogens is 1. The summed E-state index contributed by atoms with van der Waals surface area (Å²) in [6.07, 6.45) is -0.637. The number of rotatable bonds is 9. The molecule has 1 aromatic heterocycles. The van der Waals surface area contributed by atoms with Crippen LogP contribution in [-0.4, -0.2) is 37.5 Å². The first kappa shape index (κ1) is 24.0. The minimum absolute atomic E-state index is 0.00478. The molecular formula is C25H21FN4O4S. The average Bonchev–Trinajstić information content (AvgIpc) is 3.29. The summed E-state index contributed by atoms with van der Waals surface area (Å²) in [4.78, 5) is 23.7. The van der Waals surface area contributed by atoms with E-state index in [-0.39, 0.29) is 23.0 Å². The number of nitrogens with zero attached hydrogens (tertiary/aromatic N) is 3. The second-order valence-electron chi connectivity index (χ2n) is 7.43. The number of aromatic nitrogens is 3. The second-order valence-corrected chi connectivity index (χ2v) is 8.37. The normalized spacial score (nSPS) is 11.6. The quantitative estimate of drug-likeness (QED) is 0.318. The molecule has 0 aliphatic heterocycles. The van der Waals surface area contributed by atoms with E-state index in [2.05, 4.69) is 15.5 Å². The molecule has 0 aliphatic carbocycles. The van der Waals surface area contributed by atoms with Gasteiger partial charge in [0.25, 0.3) is 0 Å². The van der Waals surface area contributed by atoms with E-state index < -0.39 is 17.9 Å². The molecule has 10 heteroatoms. The Morgan fingerprint density at radius 1 is 1.06 bits per heavy atom. The summed E-state index contributed by atoms with van der Waals surface area (Å²) in [5.41, 5.74) is 1.22. The molecule has 2 N–H and O–H groups in total. The van der Waals surface area contributed by atoms with Crippen LogP contribution in [0.15, 0.2) is 84.0 Å². The molecule has 8 nitrogen and oxygen atoms in total. The summed E-state index contributed by atoms with van der Waals surface area (Å²) in [6.45, 7) is 1.74. The molecule has 1 amide bonds. The van der Waals surface area contributed by atoms with E-state index in [1.54, 1.807) is 35.8 Å². The van der Waals surface area contributed by atoms with Gasteiger partial charge in [-0.2, -0.15) is 0 Å². The van der Waals surface area contributed by atoms with E-state index >= 15 is 0 Å². The van der Waals surface area contributed by atoms with Crippen LogP contribution in [0.2, 0.25) is 0 Å². The summed E-state index contributed by atoms with van der Waals surface area (Å²) in [5.74, 6) is -1.35. The molecule has 1 atom stereocenters. The van der Waals surface area contributed by atoms with Gasteiger partial charge in [-0.1, -0.05) is 48.2 Å². The number of ether oxygens (including phenoxy) is 1. The van der Waals surface area contributed by atoms with Crippen molar-refractivity contribution in [2.75, 3.05) is 11.1 Å². The van der Waals surface area contributed by atoms with Crippen LogP contribution in [0, 0.1) is 5.82 Å². The fourth-order valence-corrected chi connectivity index (χ4v) is 4.06. The van der Waals surface area contributed by atoms with Crippen molar-refractivity contribution >= 4 is 29.3 Å². The van der Waals surface area contributed by atoms with E-state index in [1.165, 1.54) is 24.3 Å². The molecule has 0 saturated heterocycles. The summed E-state index contributed by atoms with van der Waals surface area (Å²) >= 11 is 1.16. The molecule has 0 saturated carbocycles. The predicted octanol–water partition coefficient (Wildman–Crippen LogP) is 4.98. The third-order valence-corrected chi connectivity index (χ3v) is 5.83. The van der Waals surface area contributed by atoms with Gasteiger partial charge in [-0.25, -0.2) is 9.18 Å². The zero-order chi connectivity index (χ0) is 24.8. The summed E-state index contributed by atoms with van der Waals surface area (Å²) in [5, 5.41) is 20.8. The predicted molar refractivity (Wildman–Crippen MR) is 130 cm³/mol. The van der Waals surface area contributed by atoms with Crippen LogP contribution in [0.5, 0.6) is 5.75 Å². The maximum atomic E-state index is 14.1. The number of nitrogens with one attached hydrogen (secondary N) is 1. The number of carbonyl (C=O) groups is 2. The fourth-order valence-electron chi connectivity index (χ4n) is 3.30. The lowest BCUT2D eigenvalue weighted by atomic mass is 10.2. The largest absolute Gasteiger partial charge is 0.480 e. The first-order valence-corrected chi connectivity index (χ1v) is 11.6. The molecule has 3 aromatic carbocycles. The molecule has 0 bridgehead atoms. The summed E-state index contributed by atoms with van der Waals surface area (Å²) in [6, 6.07) is 21.4. The number of thioether (sulfide) groups is 1. The van der Waals surface area contributed by atoms with Gasteiger partial charge in [0.2, 0.25) is 5.91 Å². The number of carboxylic acid groups (broad SMARTS) is 1. The molecule has 4 aromatic rings. The number of hydrogen-bond donors (Lipinski definition) is 2. The van der Waals surface area contributed by atoms with Gasteiger partial charge in [0, 0.05) is 11.4 Å². The smallest absolute Gasteiger partial charge is 0.335 e. The molecule has 0 aliphatic rings. The molecule has 0 fully saturated rings. The second kappa shape index (κ2) is 10.8. The van der Waals surface area contributed by atoms with Crippen LogP contribution in [0.1, 0.15) is 29.2 Å². The van der Waals surface area contributed by atoms with Gasteiger partial charge in [-0.3, -0.25) is 9.36 Å². The SMILES string of the molecule is CC(Oc1ccccc1F)c1nnc(SCC(=O)Nc2cccc(C(=O)O)c2)n1-c1ccccc1. The van der Waals surface area contributed by atoms with E-state index in [9.17, 15) is 14.0 Å². The number of carboxylic acids is 1. The molecule has 35 heavy (non-hydrogen) atoms. The Hall–Kier alpha value is -4.18. The Morgan fingerprint density at radius 2 is 1.80 bits per heavy atom. The Balaban J connectivity index is 1.53. The lowest BCUT2D eigenvalue weighted by Crippen LogP contribution is -2.15. The van der Waals surface area contributed by atoms with Crippen LogP contribution >= 0.6 is 11.8 Å². The van der Waals surface area contributed by atoms with E-state index in [1.807, 2.05) is 30.3 Å². The Bertz CT molecular complexity index is 1350. The molecule has 178 valence electrons. The van der Waals surface area contributed by atoms with Gasteiger partial charge in [-0.15, -0.1) is 10.2 Å². The van der Waals surface area contributed by atoms with Crippen molar-refractivity contribution in [3.05, 3.63) is 96.1 Å². The molecule has 4 rings (SSSR count). The number of anilines is 1. The highest BCUT2D eigenvalue weighted by molar-refractivity contribution is 7.99. The van der Waals surface area contributed by atoms with Gasteiger partial charge in [0.15, 0.2) is 28.7 Å². The van der Waals surface area contributed by atoms with E-state index in [4.69, 9.17) is 9.84 Å². The van der Waals surface area contributed by atoms with Crippen LogP contribution in [0.3, 0.4) is 0 Å². The first-order valence-electron chi connectivity index (χ1n) is 10.6. The van der Waals surface area contributed by atoms with Crippen LogP contribution in [-0.2, 0) is 4.79 Å². The van der Waals surface area contributed by atoms with Crippen molar-refractivity contribution in [3.63, 3.8) is 0 Å². The van der Waals surface area contributed by atoms with Crippen molar-refractivity contribution < 1.29 is 23.8 Å². The van der Waals surface area contributed by atoms with Crippen molar-refractivity contribution in [1.82, 2.24) is 14.8 Å². The Labute approximate surface area is 204 Å². The third kappa shape index (κ3) is 5.85. The van der Waals surface area contributed by atoms with Gasteiger partial charge < -0.3 is 15.2 Å². The van der Waals surface area contributed by atoms with Crippen LogP contribution in [0.25, 0.3) is 5.69 Å². The van der Waals surface area contributed by atoms with Crippen molar-refractivity contribution in [2.24, 2.45) is 0 Å². The Morgan fingerprint density at radius 3 is 2.54 bits per heavy atom. The molecular weight excluding hydrogens is 471 g/mol. The van der Waals surface area contributed by atoms with Gasteiger partial charge in [0.05, 0.1) is 11.3 Å². The minimum Gasteiger partial charge on any atom is -0.480 e. The molecule has 1 heterocycles. The van der Waals surface area contributed by atoms with Crippen molar-refractivity contribution in [2.45, 2.75) is 18.2 Å². The molecule has 0 spiro atoms. The number of para-hydroxylation sites is 2. The lowest BCUT2D eigenvalue weighted by molar-refractivity contribution is -0.113. The zero-order valence-electron chi connectivity index (χ0n) is 18.6. The van der Waals surface area contributed by atoms with E-state index in [0.717, 1.165) is 17.4 Å². The highest BCUT2D eigenvalue weighted by Crippen LogP contribution is 2.29. The maximum Gasteiger partial charge on any atom is 0.335 e. The van der Waals surface area contributed by atoms with Crippen LogP contribution < -0.4 is 10.1 Å². The van der Waals surface area contributed by atoms with Crippen molar-refractivity contribution in [1.29, 1.82) is 0 Å². The number of carbonyl (C=O) groups excluding carboxylic acids is 1. The van der Waals surface area contributed by atoms with Crippen molar-refractivity contribution in [3.8, 4) is 11.4 Å². The van der Waals surface area contributed by atoms with Gasteiger partial charge in [-0.05, 0) is 49.4 Å². The third-order valence-electron chi connectivity index (χ3n) is 4.90. The van der Waals surface area contributed by atoms with Gasteiger partial charge >= 0.3 is 5.97 Å². The summed E-state index contributed by atoms with van der Waals surface area (Å²) < 4.78 is 21.7. The highest BCUT2D eigenvalue weighted by atomic mass is 32.2. The maximum absolute atomic E-state index is 14.1. The topological polar surface area (TPSA) is 106 Å². The molecule has 0 radical (unpaired) electrons. The van der Waals surface area contributed by atoms with Gasteiger partial charge in [0.1, 0.15) is 0 Å². The number of amides is 1. The average molecular weight is 493 g/mol. The standard InChI is InChI=1S/C25H21FN4O4S/c1-16(34-21-13-6-5-12-20(21)26)23-28-29-25(30(23)19-10-3-2-4-11-19)35-15-22(31)27-18-9-7-8-17(14-18)24(32)33/h2-14,16H,15H2,1H3,(H,27,31)(H,32,33). The molecule has 1 unspecified atom stereocenters. The van der Waals surface area contributed by atoms with E-state index in [0.29, 0.717) is 16.7 Å². The zero-order valence-corrected chi connectivity index (χ0v) is 19.4. The lowest BCUT2D eigenvalue weighted by Gasteiger charge is -2.17. The highest BCUT2D eigenvalue weighted by Gasteiger charge is 2.22. The number of hydrogen-bond acceptors (Lipinski definition) is 6. The number of benzene rings is 3. The Kier molecular flexibility index (Phi) is 7.41. The monoisotopic (exact) mass is 492 g/mol. The number of aromatic carboxylic acids is 1.